The van der Waals surface area contributed by atoms with E-state index in [9.17, 15) is 24.0 Å². The average Bonchev–Trinajstić information content (AvgIpc) is 3.60. The van der Waals surface area contributed by atoms with Crippen LogP contribution in [0, 0.1) is 11.8 Å². The minimum absolute atomic E-state index is 0.000698. The molecule has 0 radical (unpaired) electrons. The van der Waals surface area contributed by atoms with E-state index in [1.807, 2.05) is 14.1 Å². The number of carboxylic acids is 1. The summed E-state index contributed by atoms with van der Waals surface area (Å²) < 4.78 is 28.2. The molecule has 5 unspecified atom stereocenters. The molecule has 518 valence electrons. The molecule has 0 bridgehead atoms. The molecule has 0 spiro atoms. The molecule has 0 saturated carbocycles. The smallest absolute Gasteiger partial charge is 0.310 e. The molecule has 0 rings (SSSR count). The first-order valence-corrected chi connectivity index (χ1v) is 37.0. The second-order valence-electron chi connectivity index (χ2n) is 25.7. The van der Waals surface area contributed by atoms with Crippen molar-refractivity contribution in [1.29, 1.82) is 0 Å². The Labute approximate surface area is 542 Å². The second kappa shape index (κ2) is 66.5. The van der Waals surface area contributed by atoms with Crippen LogP contribution in [-0.2, 0) is 47.7 Å². The van der Waals surface area contributed by atoms with Gasteiger partial charge in [0.15, 0.2) is 0 Å². The van der Waals surface area contributed by atoms with Gasteiger partial charge in [-0.3, -0.25) is 24.0 Å². The van der Waals surface area contributed by atoms with Crippen molar-refractivity contribution in [3.8, 4) is 0 Å². The molecule has 5 atom stereocenters. The SMILES string of the molecule is C=C(OCCCCCCCCCC(CCCCCCCCCOC(=O)C(CC)CCCC)OC(=O)CCCN(C)C)C(CC)CCCC.C=COC(=O)CCCCCCCC(CCCCCCCC(=O)O)OC(=O)CCCNC(CCCC)CCCCC. The molecule has 88 heavy (non-hydrogen) atoms. The average molecular weight is 1250 g/mol. The first-order valence-electron chi connectivity index (χ1n) is 37.0. The lowest BCUT2D eigenvalue weighted by Gasteiger charge is -2.20. The number of hydrogen-bond acceptors (Lipinski definition) is 12. The predicted octanol–water partition coefficient (Wildman–Crippen LogP) is 20.6. The van der Waals surface area contributed by atoms with Gasteiger partial charge in [-0.2, -0.15) is 0 Å². The molecular weight excluding hydrogens is 1100 g/mol. The normalized spacial score (nSPS) is 13.0. The third-order valence-electron chi connectivity index (χ3n) is 17.1. The summed E-state index contributed by atoms with van der Waals surface area (Å²) in [5.74, 6) is 0.505. The summed E-state index contributed by atoms with van der Waals surface area (Å²) in [6.07, 6.45) is 51.8. The topological polar surface area (TPSA) is 167 Å². The third kappa shape index (κ3) is 60.1. The zero-order valence-electron chi connectivity index (χ0n) is 58.8. The van der Waals surface area contributed by atoms with Crippen LogP contribution in [0.2, 0.25) is 0 Å². The zero-order valence-corrected chi connectivity index (χ0v) is 58.8. The minimum Gasteiger partial charge on any atom is -0.498 e. The van der Waals surface area contributed by atoms with E-state index in [2.05, 4.69) is 64.9 Å². The molecule has 13 nitrogen and oxygen atoms in total. The van der Waals surface area contributed by atoms with E-state index < -0.39 is 5.97 Å². The van der Waals surface area contributed by atoms with Crippen LogP contribution in [-0.4, -0.2) is 98.5 Å². The van der Waals surface area contributed by atoms with Crippen LogP contribution in [0.15, 0.2) is 25.2 Å². The van der Waals surface area contributed by atoms with E-state index in [1.165, 1.54) is 128 Å². The number of hydrogen-bond donors (Lipinski definition) is 2. The number of allylic oxidation sites excluding steroid dienone is 1. The molecule has 0 heterocycles. The minimum atomic E-state index is -0.730. The quantitative estimate of drug-likeness (QED) is 0.0256. The van der Waals surface area contributed by atoms with Gasteiger partial charge in [-0.05, 0) is 156 Å². The van der Waals surface area contributed by atoms with Crippen LogP contribution in [0.3, 0.4) is 0 Å². The fourth-order valence-corrected chi connectivity index (χ4v) is 11.3. The Morgan fingerprint density at radius 3 is 1.27 bits per heavy atom. The third-order valence-corrected chi connectivity index (χ3v) is 17.1. The lowest BCUT2D eigenvalue weighted by atomic mass is 9.98. The summed E-state index contributed by atoms with van der Waals surface area (Å²) in [7, 11) is 4.09. The highest BCUT2D eigenvalue weighted by molar-refractivity contribution is 5.72. The van der Waals surface area contributed by atoms with Crippen LogP contribution in [0.4, 0.5) is 0 Å². The first-order chi connectivity index (χ1) is 42.7. The highest BCUT2D eigenvalue weighted by Gasteiger charge is 2.19. The van der Waals surface area contributed by atoms with Gasteiger partial charge in [0.25, 0.3) is 0 Å². The Bertz CT molecular complexity index is 1580. The molecule has 13 heteroatoms. The highest BCUT2D eigenvalue weighted by Crippen LogP contribution is 2.24. The Kier molecular flexibility index (Phi) is 65.4. The number of aliphatic carboxylic acids is 1. The van der Waals surface area contributed by atoms with Gasteiger partial charge in [-0.15, -0.1) is 0 Å². The molecule has 2 N–H and O–H groups in total. The molecule has 0 aromatic rings. The number of nitrogens with zero attached hydrogens (tertiary/aromatic N) is 1. The van der Waals surface area contributed by atoms with E-state index in [-0.39, 0.29) is 48.4 Å². The largest absolute Gasteiger partial charge is 0.498 e. The number of rotatable bonds is 66. The molecular formula is C75H142N2O11. The van der Waals surface area contributed by atoms with Gasteiger partial charge in [0.2, 0.25) is 0 Å². The lowest BCUT2D eigenvalue weighted by molar-refractivity contribution is -0.151. The van der Waals surface area contributed by atoms with Crippen molar-refractivity contribution in [1.82, 2.24) is 10.2 Å². The Balaban J connectivity index is 0. The number of carbonyl (C=O) groups excluding carboxylic acids is 4. The number of carboxylic acid groups (broad SMARTS) is 1. The van der Waals surface area contributed by atoms with Gasteiger partial charge in [0, 0.05) is 37.6 Å². The van der Waals surface area contributed by atoms with Gasteiger partial charge in [0.05, 0.1) is 31.2 Å². The van der Waals surface area contributed by atoms with Crippen molar-refractivity contribution in [2.75, 3.05) is 40.4 Å². The van der Waals surface area contributed by atoms with E-state index in [0.29, 0.717) is 37.8 Å². The zero-order chi connectivity index (χ0) is 65.4. The van der Waals surface area contributed by atoms with Crippen molar-refractivity contribution in [3.05, 3.63) is 25.2 Å². The van der Waals surface area contributed by atoms with E-state index in [1.54, 1.807) is 0 Å². The highest BCUT2D eigenvalue weighted by atomic mass is 16.6. The standard InChI is InChI=1S/C42H81NO5.C33H61NO6/c1-8-12-29-38(10-3)37(5)46-35-26-22-18-14-16-20-24-31-40(48-41(44)33-28-34-43(6)7)32-25-21-17-15-19-23-27-36-47-42(45)39(11-4)30-13-9-2;1-4-7-15-22-29(21-8-5-2)34-28-20-27-33(38)40-30(23-16-11-9-13-18-25-31(35)36)24-17-12-10-14-19-26-32(37)39-6-3/h38-40H,5,8-36H2,1-4,6-7H3;6,29-30,34H,3-5,7-28H2,1-2H3,(H,35,36). The summed E-state index contributed by atoms with van der Waals surface area (Å²) in [6.45, 7) is 23.9. The summed E-state index contributed by atoms with van der Waals surface area (Å²) in [6, 6.07) is 0.554. The maximum Gasteiger partial charge on any atom is 0.310 e. The van der Waals surface area contributed by atoms with Crippen molar-refractivity contribution in [3.63, 3.8) is 0 Å². The van der Waals surface area contributed by atoms with Gasteiger partial charge in [0.1, 0.15) is 12.2 Å². The fourth-order valence-electron chi connectivity index (χ4n) is 11.3. The molecule has 0 aliphatic rings. The van der Waals surface area contributed by atoms with Gasteiger partial charge < -0.3 is 39.0 Å². The Morgan fingerprint density at radius 1 is 0.432 bits per heavy atom. The lowest BCUT2D eigenvalue weighted by Crippen LogP contribution is -2.30. The summed E-state index contributed by atoms with van der Waals surface area (Å²) >= 11 is 0. The number of nitrogens with one attached hydrogen (secondary N) is 1. The molecule has 0 aliphatic carbocycles. The first kappa shape index (κ1) is 86.6. The van der Waals surface area contributed by atoms with Crippen LogP contribution in [0.5, 0.6) is 0 Å². The van der Waals surface area contributed by atoms with Gasteiger partial charge in [-0.1, -0.05) is 215 Å². The monoisotopic (exact) mass is 1250 g/mol. The van der Waals surface area contributed by atoms with Crippen molar-refractivity contribution >= 4 is 29.8 Å². The van der Waals surface area contributed by atoms with Gasteiger partial charge in [-0.25, -0.2) is 0 Å². The maximum atomic E-state index is 12.7. The molecule has 0 aliphatic heterocycles. The number of unbranched alkanes of at least 4 members (excludes halogenated alkanes) is 25. The maximum absolute atomic E-state index is 12.7. The van der Waals surface area contributed by atoms with Crippen LogP contribution >= 0.6 is 0 Å². The molecule has 0 amide bonds. The summed E-state index contributed by atoms with van der Waals surface area (Å²) in [4.78, 5) is 61.6. The van der Waals surface area contributed by atoms with Crippen LogP contribution in [0.25, 0.3) is 0 Å². The number of carbonyl (C=O) groups is 5. The molecule has 0 aromatic carbocycles. The summed E-state index contributed by atoms with van der Waals surface area (Å²) in [5, 5.41) is 12.5. The number of esters is 4. The second-order valence-corrected chi connectivity index (χ2v) is 25.7. The van der Waals surface area contributed by atoms with E-state index >= 15 is 0 Å². The molecule has 0 saturated heterocycles. The van der Waals surface area contributed by atoms with Crippen LogP contribution < -0.4 is 5.32 Å². The Hall–Kier alpha value is -3.45. The van der Waals surface area contributed by atoms with Crippen molar-refractivity contribution < 1.29 is 52.8 Å². The fraction of sp³-hybridized carbons (Fsp3) is 0.880. The van der Waals surface area contributed by atoms with Crippen molar-refractivity contribution in [2.24, 2.45) is 11.8 Å². The molecule has 0 aromatic heterocycles. The molecule has 0 fully saturated rings. The Morgan fingerprint density at radius 2 is 0.818 bits per heavy atom. The van der Waals surface area contributed by atoms with Crippen LogP contribution in [0.1, 0.15) is 356 Å². The van der Waals surface area contributed by atoms with Gasteiger partial charge >= 0.3 is 29.8 Å². The summed E-state index contributed by atoms with van der Waals surface area (Å²) in [5.41, 5.74) is 0. The van der Waals surface area contributed by atoms with Crippen molar-refractivity contribution in [2.45, 2.75) is 374 Å². The van der Waals surface area contributed by atoms with E-state index in [0.717, 1.165) is 192 Å². The number of ether oxygens (including phenoxy) is 5. The van der Waals surface area contributed by atoms with E-state index in [4.69, 9.17) is 28.8 Å². The predicted molar refractivity (Wildman–Crippen MR) is 367 cm³/mol.